The van der Waals surface area contributed by atoms with Crippen molar-refractivity contribution in [2.24, 2.45) is 7.05 Å². The number of anilines is 1. The first-order valence-corrected chi connectivity index (χ1v) is 7.35. The fourth-order valence-corrected chi connectivity index (χ4v) is 3.22. The zero-order valence-corrected chi connectivity index (χ0v) is 13.0. The number of aromatic nitrogens is 4. The predicted octanol–water partition coefficient (Wildman–Crippen LogP) is 3.02. The van der Waals surface area contributed by atoms with E-state index < -0.39 is 0 Å². The Morgan fingerprint density at radius 1 is 1.40 bits per heavy atom. The second-order valence-corrected chi connectivity index (χ2v) is 6.28. The van der Waals surface area contributed by atoms with Gasteiger partial charge in [0.2, 0.25) is 5.28 Å². The quantitative estimate of drug-likeness (QED) is 0.698. The van der Waals surface area contributed by atoms with Crippen molar-refractivity contribution >= 4 is 39.0 Å². The van der Waals surface area contributed by atoms with Crippen LogP contribution in [0.3, 0.4) is 0 Å². The van der Waals surface area contributed by atoms with Crippen molar-refractivity contribution in [3.8, 4) is 0 Å². The second kappa shape index (κ2) is 5.03. The summed E-state index contributed by atoms with van der Waals surface area (Å²) in [6.07, 6.45) is 3.72. The summed E-state index contributed by atoms with van der Waals surface area (Å²) in [6, 6.07) is 2.10. The molecule has 3 heterocycles. The standard InChI is InChI=1S/C13H14ClN5S/c1-8-6-9-11(16-13(14)17-12(9)20-8)19(3)7-10-15-4-5-18(10)2/h4-6H,7H2,1-3H3. The van der Waals surface area contributed by atoms with Crippen LogP contribution in [-0.2, 0) is 13.6 Å². The average molecular weight is 308 g/mol. The van der Waals surface area contributed by atoms with E-state index in [2.05, 4.69) is 27.9 Å². The third kappa shape index (κ3) is 2.36. The molecule has 0 saturated carbocycles. The zero-order valence-electron chi connectivity index (χ0n) is 11.5. The topological polar surface area (TPSA) is 46.8 Å². The summed E-state index contributed by atoms with van der Waals surface area (Å²) < 4.78 is 2.00. The van der Waals surface area contributed by atoms with E-state index in [0.29, 0.717) is 6.54 Å². The van der Waals surface area contributed by atoms with Crippen LogP contribution in [-0.4, -0.2) is 26.6 Å². The van der Waals surface area contributed by atoms with Gasteiger partial charge in [-0.3, -0.25) is 0 Å². The number of nitrogens with zero attached hydrogens (tertiary/aromatic N) is 5. The van der Waals surface area contributed by atoms with E-state index in [-0.39, 0.29) is 5.28 Å². The number of hydrogen-bond donors (Lipinski definition) is 0. The summed E-state index contributed by atoms with van der Waals surface area (Å²) in [5.41, 5.74) is 0. The van der Waals surface area contributed by atoms with Crippen LogP contribution in [0.25, 0.3) is 10.2 Å². The molecular formula is C13H14ClN5S. The van der Waals surface area contributed by atoms with Crippen molar-refractivity contribution in [2.45, 2.75) is 13.5 Å². The van der Waals surface area contributed by atoms with E-state index in [1.807, 2.05) is 29.8 Å². The lowest BCUT2D eigenvalue weighted by atomic mass is 10.3. The summed E-state index contributed by atoms with van der Waals surface area (Å²) in [5, 5.41) is 1.31. The van der Waals surface area contributed by atoms with Gasteiger partial charge < -0.3 is 9.47 Å². The number of hydrogen-bond acceptors (Lipinski definition) is 5. The Morgan fingerprint density at radius 3 is 2.90 bits per heavy atom. The lowest BCUT2D eigenvalue weighted by Gasteiger charge is -2.18. The van der Waals surface area contributed by atoms with Crippen molar-refractivity contribution < 1.29 is 0 Å². The summed E-state index contributed by atoms with van der Waals surface area (Å²) in [6.45, 7) is 2.73. The first-order chi connectivity index (χ1) is 9.54. The molecule has 0 radical (unpaired) electrons. The Hall–Kier alpha value is -1.66. The number of fused-ring (bicyclic) bond motifs is 1. The van der Waals surface area contributed by atoms with Gasteiger partial charge in [0.25, 0.3) is 0 Å². The Labute approximate surface area is 125 Å². The molecule has 0 atom stereocenters. The smallest absolute Gasteiger partial charge is 0.225 e. The van der Waals surface area contributed by atoms with Crippen molar-refractivity contribution in [1.29, 1.82) is 0 Å². The minimum Gasteiger partial charge on any atom is -0.352 e. The molecule has 0 spiro atoms. The van der Waals surface area contributed by atoms with Gasteiger partial charge in [-0.2, -0.15) is 4.98 Å². The Morgan fingerprint density at radius 2 is 2.20 bits per heavy atom. The zero-order chi connectivity index (χ0) is 14.3. The maximum atomic E-state index is 6.03. The normalized spacial score (nSPS) is 11.2. The van der Waals surface area contributed by atoms with Crippen molar-refractivity contribution in [3.05, 3.63) is 34.4 Å². The molecule has 0 bridgehead atoms. The SMILES string of the molecule is Cc1cc2c(N(C)Cc3nccn3C)nc(Cl)nc2s1. The Bertz CT molecular complexity index is 763. The van der Waals surface area contributed by atoms with Crippen LogP contribution < -0.4 is 4.90 Å². The number of thiophene rings is 1. The van der Waals surface area contributed by atoms with Gasteiger partial charge in [0.15, 0.2) is 0 Å². The lowest BCUT2D eigenvalue weighted by Crippen LogP contribution is -2.20. The molecule has 3 aromatic heterocycles. The molecule has 0 aliphatic carbocycles. The second-order valence-electron chi connectivity index (χ2n) is 4.70. The first-order valence-electron chi connectivity index (χ1n) is 6.15. The van der Waals surface area contributed by atoms with Crippen molar-refractivity contribution in [1.82, 2.24) is 19.5 Å². The molecule has 0 amide bonds. The van der Waals surface area contributed by atoms with Gasteiger partial charge in [0.1, 0.15) is 16.5 Å². The van der Waals surface area contributed by atoms with Crippen LogP contribution in [0.1, 0.15) is 10.7 Å². The van der Waals surface area contributed by atoms with Gasteiger partial charge in [-0.25, -0.2) is 9.97 Å². The maximum absolute atomic E-state index is 6.03. The summed E-state index contributed by atoms with van der Waals surface area (Å²) in [5.74, 6) is 1.81. The van der Waals surface area contributed by atoms with Crippen molar-refractivity contribution in [2.75, 3.05) is 11.9 Å². The fourth-order valence-electron chi connectivity index (χ4n) is 2.13. The first kappa shape index (κ1) is 13.3. The Balaban J connectivity index is 2.02. The van der Waals surface area contributed by atoms with Gasteiger partial charge in [-0.1, -0.05) is 0 Å². The molecule has 0 saturated heterocycles. The molecule has 0 aromatic carbocycles. The Kier molecular flexibility index (Phi) is 3.35. The van der Waals surface area contributed by atoms with Crippen LogP contribution in [0.5, 0.6) is 0 Å². The van der Waals surface area contributed by atoms with E-state index in [1.54, 1.807) is 17.5 Å². The van der Waals surface area contributed by atoms with Gasteiger partial charge in [0.05, 0.1) is 11.9 Å². The monoisotopic (exact) mass is 307 g/mol. The van der Waals surface area contributed by atoms with Gasteiger partial charge >= 0.3 is 0 Å². The van der Waals surface area contributed by atoms with Crippen molar-refractivity contribution in [3.63, 3.8) is 0 Å². The molecule has 104 valence electrons. The summed E-state index contributed by atoms with van der Waals surface area (Å²) >= 11 is 7.65. The van der Waals surface area contributed by atoms with Crippen LogP contribution in [0, 0.1) is 6.92 Å². The maximum Gasteiger partial charge on any atom is 0.225 e. The number of rotatable bonds is 3. The highest BCUT2D eigenvalue weighted by Crippen LogP contribution is 2.31. The molecule has 20 heavy (non-hydrogen) atoms. The highest BCUT2D eigenvalue weighted by atomic mass is 35.5. The number of aryl methyl sites for hydroxylation is 2. The fraction of sp³-hybridized carbons (Fsp3) is 0.308. The largest absolute Gasteiger partial charge is 0.352 e. The predicted molar refractivity (Wildman–Crippen MR) is 82.5 cm³/mol. The molecule has 0 unspecified atom stereocenters. The molecule has 3 aromatic rings. The third-order valence-corrected chi connectivity index (χ3v) is 4.24. The van der Waals surface area contributed by atoms with E-state index in [1.165, 1.54) is 4.88 Å². The molecule has 0 fully saturated rings. The van der Waals surface area contributed by atoms with Gasteiger partial charge in [0, 0.05) is 31.4 Å². The minimum atomic E-state index is 0.279. The highest BCUT2D eigenvalue weighted by molar-refractivity contribution is 7.18. The molecule has 0 N–H and O–H groups in total. The van der Waals surface area contributed by atoms with E-state index in [9.17, 15) is 0 Å². The molecular weight excluding hydrogens is 294 g/mol. The minimum absolute atomic E-state index is 0.279. The molecule has 5 nitrogen and oxygen atoms in total. The number of halogens is 1. The lowest BCUT2D eigenvalue weighted by molar-refractivity contribution is 0.757. The third-order valence-electron chi connectivity index (χ3n) is 3.13. The van der Waals surface area contributed by atoms with Crippen LogP contribution in [0.4, 0.5) is 5.82 Å². The van der Waals surface area contributed by atoms with E-state index >= 15 is 0 Å². The van der Waals surface area contributed by atoms with Crippen LogP contribution in [0.15, 0.2) is 18.5 Å². The molecule has 7 heteroatoms. The van der Waals surface area contributed by atoms with Crippen LogP contribution in [0.2, 0.25) is 5.28 Å². The van der Waals surface area contributed by atoms with E-state index in [0.717, 1.165) is 21.9 Å². The summed E-state index contributed by atoms with van der Waals surface area (Å²) in [4.78, 5) is 17.2. The molecule has 3 rings (SSSR count). The summed E-state index contributed by atoms with van der Waals surface area (Å²) in [7, 11) is 3.97. The van der Waals surface area contributed by atoms with Gasteiger partial charge in [-0.15, -0.1) is 11.3 Å². The number of imidazole rings is 1. The molecule has 0 aliphatic rings. The molecule has 0 aliphatic heterocycles. The van der Waals surface area contributed by atoms with Gasteiger partial charge in [-0.05, 0) is 24.6 Å². The average Bonchev–Trinajstić information content (AvgIpc) is 2.94. The highest BCUT2D eigenvalue weighted by Gasteiger charge is 2.14. The van der Waals surface area contributed by atoms with Crippen LogP contribution >= 0.6 is 22.9 Å². The van der Waals surface area contributed by atoms with E-state index in [4.69, 9.17) is 11.6 Å².